The first-order chi connectivity index (χ1) is 3.29. The van der Waals surface area contributed by atoms with Crippen LogP contribution in [-0.4, -0.2) is 12.7 Å². The number of hydrogen-bond donors (Lipinski definition) is 0. The molecule has 0 amide bonds. The lowest BCUT2D eigenvalue weighted by atomic mass is 10.1. The molecule has 1 nitrogen and oxygen atoms in total. The second kappa shape index (κ2) is 1.83. The van der Waals surface area contributed by atoms with E-state index in [-0.39, 0.29) is 0 Å². The summed E-state index contributed by atoms with van der Waals surface area (Å²) in [6.07, 6.45) is 1.77. The zero-order valence-electron chi connectivity index (χ0n) is 4.98. The van der Waals surface area contributed by atoms with Crippen molar-refractivity contribution in [2.75, 3.05) is 6.61 Å². The van der Waals surface area contributed by atoms with Crippen LogP contribution in [0.5, 0.6) is 0 Å². The summed E-state index contributed by atoms with van der Waals surface area (Å²) in [5.41, 5.74) is 0. The molecule has 1 aliphatic heterocycles. The van der Waals surface area contributed by atoms with Gasteiger partial charge in [0.15, 0.2) is 0 Å². The summed E-state index contributed by atoms with van der Waals surface area (Å²) in [6, 6.07) is 0. The number of hydrogen-bond acceptors (Lipinski definition) is 1. The average Bonchev–Trinajstić information content (AvgIpc) is 1.87. The Labute approximate surface area is 44.7 Å². The van der Waals surface area contributed by atoms with E-state index in [2.05, 4.69) is 13.8 Å². The quantitative estimate of drug-likeness (QED) is 0.447. The average molecular weight is 100 g/mol. The predicted octanol–water partition coefficient (Wildman–Crippen LogP) is 1.43. The highest BCUT2D eigenvalue weighted by molar-refractivity contribution is 4.64. The Morgan fingerprint density at radius 3 is 2.29 bits per heavy atom. The zero-order valence-corrected chi connectivity index (χ0v) is 4.98. The van der Waals surface area contributed by atoms with Crippen LogP contribution < -0.4 is 0 Å². The molecule has 0 aromatic rings. The molecule has 0 unspecified atom stereocenters. The maximum Gasteiger partial charge on any atom is 0.0550 e. The third-order valence-electron chi connectivity index (χ3n) is 1.40. The van der Waals surface area contributed by atoms with Crippen LogP contribution >= 0.6 is 0 Å². The van der Waals surface area contributed by atoms with Gasteiger partial charge in [-0.2, -0.15) is 0 Å². The molecule has 0 N–H and O–H groups in total. The Kier molecular flexibility index (Phi) is 1.33. The van der Waals surface area contributed by atoms with E-state index in [4.69, 9.17) is 4.74 Å². The molecular weight excluding hydrogens is 88.1 g/mol. The van der Waals surface area contributed by atoms with Gasteiger partial charge in [0.05, 0.1) is 6.10 Å². The zero-order chi connectivity index (χ0) is 5.28. The fraction of sp³-hybridized carbons (Fsp3) is 1.00. The monoisotopic (exact) mass is 100 g/mol. The molecule has 1 heterocycles. The van der Waals surface area contributed by atoms with E-state index in [1.165, 1.54) is 6.42 Å². The van der Waals surface area contributed by atoms with Crippen LogP contribution in [0.15, 0.2) is 0 Å². The molecule has 0 radical (unpaired) electrons. The maximum atomic E-state index is 5.27. The number of rotatable bonds is 0. The van der Waals surface area contributed by atoms with Gasteiger partial charge in [0.25, 0.3) is 0 Å². The van der Waals surface area contributed by atoms with Gasteiger partial charge in [0.1, 0.15) is 0 Å². The van der Waals surface area contributed by atoms with Crippen molar-refractivity contribution in [3.8, 4) is 0 Å². The topological polar surface area (TPSA) is 9.23 Å². The molecule has 1 rings (SSSR count). The molecule has 1 fully saturated rings. The minimum absolute atomic E-state index is 0.523. The van der Waals surface area contributed by atoms with Gasteiger partial charge in [-0.05, 0) is 19.3 Å². The van der Waals surface area contributed by atoms with Gasteiger partial charge in [-0.3, -0.25) is 0 Å². The Bertz CT molecular complexity index is 53.2. The van der Waals surface area contributed by atoms with Crippen molar-refractivity contribution in [1.82, 2.24) is 0 Å². The van der Waals surface area contributed by atoms with Crippen LogP contribution in [0.1, 0.15) is 20.3 Å². The fourth-order valence-electron chi connectivity index (χ4n) is 1.03. The van der Waals surface area contributed by atoms with Crippen molar-refractivity contribution in [2.24, 2.45) is 5.92 Å². The van der Waals surface area contributed by atoms with Gasteiger partial charge in [0.2, 0.25) is 0 Å². The van der Waals surface area contributed by atoms with Crippen molar-refractivity contribution in [3.05, 3.63) is 0 Å². The smallest absolute Gasteiger partial charge is 0.0550 e. The molecule has 1 heteroatoms. The molecule has 1 aliphatic rings. The van der Waals surface area contributed by atoms with Gasteiger partial charge < -0.3 is 4.74 Å². The van der Waals surface area contributed by atoms with Crippen molar-refractivity contribution < 1.29 is 4.74 Å². The van der Waals surface area contributed by atoms with E-state index in [9.17, 15) is 0 Å². The van der Waals surface area contributed by atoms with Crippen LogP contribution in [0.4, 0.5) is 0 Å². The Morgan fingerprint density at radius 2 is 2.14 bits per heavy atom. The lowest BCUT2D eigenvalue weighted by Crippen LogP contribution is -1.94. The standard InChI is InChI=1S/C6H12O/c1-5-3-6(2)7-4-5/h5-6H,3-4H2,1-2H3/t5-,6+/m1/s1. The lowest BCUT2D eigenvalue weighted by molar-refractivity contribution is 0.121. The molecule has 1 saturated heterocycles. The van der Waals surface area contributed by atoms with Crippen molar-refractivity contribution >= 4 is 0 Å². The summed E-state index contributed by atoms with van der Waals surface area (Å²) >= 11 is 0. The third-order valence-corrected chi connectivity index (χ3v) is 1.40. The Balaban J connectivity index is 2.26. The maximum absolute atomic E-state index is 5.27. The van der Waals surface area contributed by atoms with E-state index in [1.807, 2.05) is 0 Å². The van der Waals surface area contributed by atoms with E-state index < -0.39 is 0 Å². The van der Waals surface area contributed by atoms with E-state index >= 15 is 0 Å². The summed E-state index contributed by atoms with van der Waals surface area (Å²) in [7, 11) is 0. The minimum Gasteiger partial charge on any atom is -0.378 e. The van der Waals surface area contributed by atoms with E-state index in [1.54, 1.807) is 0 Å². The minimum atomic E-state index is 0.523. The summed E-state index contributed by atoms with van der Waals surface area (Å²) in [6.45, 7) is 5.33. The molecule has 0 aromatic heterocycles. The Morgan fingerprint density at radius 1 is 1.43 bits per heavy atom. The summed E-state index contributed by atoms with van der Waals surface area (Å²) in [5.74, 6) is 0.801. The van der Waals surface area contributed by atoms with E-state index in [0.29, 0.717) is 6.10 Å². The largest absolute Gasteiger partial charge is 0.378 e. The fourth-order valence-corrected chi connectivity index (χ4v) is 1.03. The lowest BCUT2D eigenvalue weighted by Gasteiger charge is -1.94. The molecule has 2 atom stereocenters. The predicted molar refractivity (Wildman–Crippen MR) is 29.2 cm³/mol. The molecule has 0 saturated carbocycles. The van der Waals surface area contributed by atoms with Crippen LogP contribution in [0.2, 0.25) is 0 Å². The molecule has 0 spiro atoms. The van der Waals surface area contributed by atoms with Gasteiger partial charge in [-0.1, -0.05) is 6.92 Å². The highest BCUT2D eigenvalue weighted by Gasteiger charge is 2.16. The first kappa shape index (κ1) is 5.10. The van der Waals surface area contributed by atoms with Crippen molar-refractivity contribution in [3.63, 3.8) is 0 Å². The molecule has 42 valence electrons. The first-order valence-corrected chi connectivity index (χ1v) is 2.90. The third kappa shape index (κ3) is 1.16. The molecule has 0 aliphatic carbocycles. The molecular formula is C6H12O. The summed E-state index contributed by atoms with van der Waals surface area (Å²) in [4.78, 5) is 0. The van der Waals surface area contributed by atoms with Crippen LogP contribution in [0, 0.1) is 5.92 Å². The second-order valence-corrected chi connectivity index (χ2v) is 2.48. The number of ether oxygens (including phenoxy) is 1. The van der Waals surface area contributed by atoms with Gasteiger partial charge in [0, 0.05) is 6.61 Å². The van der Waals surface area contributed by atoms with Crippen molar-refractivity contribution in [2.45, 2.75) is 26.4 Å². The Hall–Kier alpha value is -0.0400. The normalized spacial score (nSPS) is 42.0. The second-order valence-electron chi connectivity index (χ2n) is 2.48. The summed E-state index contributed by atoms with van der Waals surface area (Å²) < 4.78 is 5.27. The molecule has 0 aromatic carbocycles. The van der Waals surface area contributed by atoms with Crippen LogP contribution in [0.3, 0.4) is 0 Å². The summed E-state index contributed by atoms with van der Waals surface area (Å²) in [5, 5.41) is 0. The molecule has 0 bridgehead atoms. The highest BCUT2D eigenvalue weighted by atomic mass is 16.5. The van der Waals surface area contributed by atoms with Gasteiger partial charge >= 0.3 is 0 Å². The van der Waals surface area contributed by atoms with Crippen molar-refractivity contribution in [1.29, 1.82) is 0 Å². The van der Waals surface area contributed by atoms with Crippen LogP contribution in [-0.2, 0) is 4.74 Å². The SMILES string of the molecule is C[C@H]1CO[C@@H](C)C1. The molecule has 7 heavy (non-hydrogen) atoms. The van der Waals surface area contributed by atoms with Gasteiger partial charge in [-0.15, -0.1) is 0 Å². The van der Waals surface area contributed by atoms with Crippen LogP contribution in [0.25, 0.3) is 0 Å². The van der Waals surface area contributed by atoms with E-state index in [0.717, 1.165) is 12.5 Å². The van der Waals surface area contributed by atoms with Gasteiger partial charge in [-0.25, -0.2) is 0 Å². The first-order valence-electron chi connectivity index (χ1n) is 2.90. The highest BCUT2D eigenvalue weighted by Crippen LogP contribution is 2.16.